The van der Waals surface area contributed by atoms with Gasteiger partial charge in [-0.15, -0.1) is 0 Å². The smallest absolute Gasteiger partial charge is 0.307 e. The van der Waals surface area contributed by atoms with Crippen LogP contribution in [-0.2, 0) is 0 Å². The zero-order chi connectivity index (χ0) is 19.8. The molecule has 7 rings (SSSR count). The normalized spacial score (nSPS) is 12.2. The minimum atomic E-state index is 0.510. The van der Waals surface area contributed by atoms with Crippen molar-refractivity contribution in [2.75, 3.05) is 0 Å². The SMILES string of the molecule is Clc1cc2nc(-n3c4ccccc4c4ccccc43)oc2c2c1oc1ccccc12. The number of rotatable bonds is 1. The van der Waals surface area contributed by atoms with Crippen LogP contribution in [0, 0.1) is 0 Å². The van der Waals surface area contributed by atoms with Gasteiger partial charge in [0.2, 0.25) is 0 Å². The predicted molar refractivity (Wildman–Crippen MR) is 121 cm³/mol. The second-order valence-corrected chi connectivity index (χ2v) is 7.78. The van der Waals surface area contributed by atoms with Gasteiger partial charge >= 0.3 is 6.01 Å². The van der Waals surface area contributed by atoms with Crippen molar-refractivity contribution in [1.82, 2.24) is 9.55 Å². The average Bonchev–Trinajstić information content (AvgIpc) is 3.45. The van der Waals surface area contributed by atoms with Crippen LogP contribution in [0.3, 0.4) is 0 Å². The molecule has 0 N–H and O–H groups in total. The van der Waals surface area contributed by atoms with Crippen LogP contribution in [0.2, 0.25) is 5.02 Å². The van der Waals surface area contributed by atoms with Crippen molar-refractivity contribution in [2.45, 2.75) is 0 Å². The van der Waals surface area contributed by atoms with E-state index in [2.05, 4.69) is 28.8 Å². The van der Waals surface area contributed by atoms with Crippen molar-refractivity contribution in [1.29, 1.82) is 0 Å². The molecule has 0 aliphatic rings. The molecular weight excluding hydrogens is 396 g/mol. The lowest BCUT2D eigenvalue weighted by Crippen LogP contribution is -1.93. The third-order valence-corrected chi connectivity index (χ3v) is 6.00. The molecule has 7 aromatic rings. The number of aromatic nitrogens is 2. The second-order valence-electron chi connectivity index (χ2n) is 7.38. The Labute approximate surface area is 174 Å². The Morgan fingerprint density at radius 2 is 1.33 bits per heavy atom. The first kappa shape index (κ1) is 16.1. The molecule has 0 saturated heterocycles. The van der Waals surface area contributed by atoms with Crippen LogP contribution in [0.25, 0.3) is 60.9 Å². The number of hydrogen-bond donors (Lipinski definition) is 0. The Kier molecular flexibility index (Phi) is 3.03. The topological polar surface area (TPSA) is 44.1 Å². The van der Waals surface area contributed by atoms with Crippen molar-refractivity contribution in [3.8, 4) is 6.01 Å². The van der Waals surface area contributed by atoms with E-state index in [1.54, 1.807) is 0 Å². The highest BCUT2D eigenvalue weighted by atomic mass is 35.5. The van der Waals surface area contributed by atoms with Crippen LogP contribution in [0.5, 0.6) is 0 Å². The molecule has 0 spiro atoms. The van der Waals surface area contributed by atoms with Crippen LogP contribution >= 0.6 is 11.6 Å². The van der Waals surface area contributed by atoms with Gasteiger partial charge in [-0.3, -0.25) is 4.57 Å². The molecule has 0 amide bonds. The Bertz CT molecular complexity index is 1720. The molecule has 0 aliphatic heterocycles. The predicted octanol–water partition coefficient (Wildman–Crippen LogP) is 7.48. The van der Waals surface area contributed by atoms with Gasteiger partial charge in [0.05, 0.1) is 21.4 Å². The molecule has 142 valence electrons. The molecule has 0 unspecified atom stereocenters. The summed E-state index contributed by atoms with van der Waals surface area (Å²) in [6.45, 7) is 0. The van der Waals surface area contributed by atoms with Crippen LogP contribution in [0.4, 0.5) is 0 Å². The molecule has 0 aliphatic carbocycles. The molecule has 5 heteroatoms. The summed E-state index contributed by atoms with van der Waals surface area (Å²) in [7, 11) is 0. The van der Waals surface area contributed by atoms with E-state index in [4.69, 9.17) is 25.4 Å². The standard InChI is InChI=1S/C25H13ClN2O2/c26-17-13-18-24(22-16-9-3-6-12-21(16)29-23(17)22)30-25(27-18)28-19-10-4-1-7-14(19)15-8-2-5-11-20(15)28/h1-13H. The van der Waals surface area contributed by atoms with Crippen LogP contribution in [-0.4, -0.2) is 9.55 Å². The minimum Gasteiger partial charge on any atom is -0.454 e. The molecule has 0 fully saturated rings. The van der Waals surface area contributed by atoms with Crippen molar-refractivity contribution in [3.05, 3.63) is 83.9 Å². The van der Waals surface area contributed by atoms with Crippen molar-refractivity contribution < 1.29 is 8.83 Å². The maximum absolute atomic E-state index is 6.55. The molecule has 0 bridgehead atoms. The summed E-state index contributed by atoms with van der Waals surface area (Å²) in [4.78, 5) is 4.82. The Morgan fingerprint density at radius 1 is 0.700 bits per heavy atom. The van der Waals surface area contributed by atoms with Crippen molar-refractivity contribution in [3.63, 3.8) is 0 Å². The van der Waals surface area contributed by atoms with E-state index in [-0.39, 0.29) is 0 Å². The van der Waals surface area contributed by atoms with E-state index in [9.17, 15) is 0 Å². The fourth-order valence-electron chi connectivity index (χ4n) is 4.45. The molecule has 0 saturated carbocycles. The zero-order valence-corrected chi connectivity index (χ0v) is 16.4. The molecule has 4 aromatic carbocycles. The highest BCUT2D eigenvalue weighted by Crippen LogP contribution is 2.40. The summed E-state index contributed by atoms with van der Waals surface area (Å²) < 4.78 is 14.5. The summed E-state index contributed by atoms with van der Waals surface area (Å²) >= 11 is 6.55. The average molecular weight is 409 g/mol. The first-order valence-electron chi connectivity index (χ1n) is 9.68. The molecule has 3 heterocycles. The largest absolute Gasteiger partial charge is 0.454 e. The fourth-order valence-corrected chi connectivity index (χ4v) is 4.68. The Morgan fingerprint density at radius 3 is 2.07 bits per heavy atom. The summed E-state index contributed by atoms with van der Waals surface area (Å²) in [5.41, 5.74) is 4.87. The van der Waals surface area contributed by atoms with E-state index in [0.29, 0.717) is 27.7 Å². The first-order valence-corrected chi connectivity index (χ1v) is 10.1. The number of para-hydroxylation sites is 3. The zero-order valence-electron chi connectivity index (χ0n) is 15.6. The monoisotopic (exact) mass is 408 g/mol. The van der Waals surface area contributed by atoms with Crippen LogP contribution in [0.1, 0.15) is 0 Å². The van der Waals surface area contributed by atoms with E-state index in [1.165, 1.54) is 0 Å². The van der Waals surface area contributed by atoms with Gasteiger partial charge in [-0.2, -0.15) is 4.98 Å². The number of hydrogen-bond acceptors (Lipinski definition) is 3. The fraction of sp³-hybridized carbons (Fsp3) is 0. The van der Waals surface area contributed by atoms with Gasteiger partial charge < -0.3 is 8.83 Å². The van der Waals surface area contributed by atoms with E-state index < -0.39 is 0 Å². The third kappa shape index (κ3) is 1.98. The second kappa shape index (κ2) is 5.65. The van der Waals surface area contributed by atoms with Gasteiger partial charge in [-0.05, 0) is 24.3 Å². The lowest BCUT2D eigenvalue weighted by molar-refractivity contribution is 0.577. The van der Waals surface area contributed by atoms with E-state index in [1.807, 2.05) is 54.6 Å². The first-order chi connectivity index (χ1) is 14.8. The Balaban J connectivity index is 1.65. The van der Waals surface area contributed by atoms with E-state index >= 15 is 0 Å². The summed E-state index contributed by atoms with van der Waals surface area (Å²) in [5.74, 6) is 0. The van der Waals surface area contributed by atoms with Crippen LogP contribution < -0.4 is 0 Å². The van der Waals surface area contributed by atoms with Gasteiger partial charge in [0.1, 0.15) is 11.1 Å². The maximum Gasteiger partial charge on any atom is 0.307 e. The number of halogens is 1. The molecule has 0 radical (unpaired) electrons. The lowest BCUT2D eigenvalue weighted by atomic mass is 10.1. The maximum atomic E-state index is 6.55. The number of furan rings is 1. The van der Waals surface area contributed by atoms with Gasteiger partial charge in [-0.1, -0.05) is 66.2 Å². The van der Waals surface area contributed by atoms with Crippen LogP contribution in [0.15, 0.2) is 87.7 Å². The molecule has 3 aromatic heterocycles. The number of oxazole rings is 1. The summed E-state index contributed by atoms with van der Waals surface area (Å²) in [6.07, 6.45) is 0. The highest BCUT2D eigenvalue weighted by molar-refractivity contribution is 6.38. The summed E-state index contributed by atoms with van der Waals surface area (Å²) in [5, 5.41) is 4.66. The van der Waals surface area contributed by atoms with Gasteiger partial charge in [0, 0.05) is 16.2 Å². The molecular formula is C25H13ClN2O2. The van der Waals surface area contributed by atoms with Gasteiger partial charge in [0.15, 0.2) is 11.2 Å². The van der Waals surface area contributed by atoms with Gasteiger partial charge in [-0.25, -0.2) is 0 Å². The number of benzene rings is 4. The van der Waals surface area contributed by atoms with E-state index in [0.717, 1.165) is 38.2 Å². The third-order valence-electron chi connectivity index (χ3n) is 5.72. The van der Waals surface area contributed by atoms with Crippen molar-refractivity contribution in [2.24, 2.45) is 0 Å². The van der Waals surface area contributed by atoms with Gasteiger partial charge in [0.25, 0.3) is 0 Å². The van der Waals surface area contributed by atoms with Crippen molar-refractivity contribution >= 4 is 66.4 Å². The molecule has 4 nitrogen and oxygen atoms in total. The molecule has 0 atom stereocenters. The highest BCUT2D eigenvalue weighted by Gasteiger charge is 2.21. The number of nitrogens with zero attached hydrogens (tertiary/aromatic N) is 2. The Hall–Kier alpha value is -3.76. The summed E-state index contributed by atoms with van der Waals surface area (Å²) in [6, 6.07) is 26.7. The lowest BCUT2D eigenvalue weighted by Gasteiger charge is -2.01. The number of fused-ring (bicyclic) bond motifs is 8. The quantitative estimate of drug-likeness (QED) is 0.283. The minimum absolute atomic E-state index is 0.510. The molecule has 30 heavy (non-hydrogen) atoms.